The summed E-state index contributed by atoms with van der Waals surface area (Å²) in [5.41, 5.74) is 8.69. The number of benzene rings is 1. The molecule has 0 amide bonds. The fourth-order valence-corrected chi connectivity index (χ4v) is 1.93. The number of halogens is 1. The van der Waals surface area contributed by atoms with Crippen molar-refractivity contribution in [1.29, 1.82) is 0 Å². The number of hydrogen-bond donors (Lipinski definition) is 1. The Balaban J connectivity index is 3.16. The number of nitrogens with two attached hydrogens (primary N) is 1. The Labute approximate surface area is 104 Å². The summed E-state index contributed by atoms with van der Waals surface area (Å²) >= 11 is 3.38. The summed E-state index contributed by atoms with van der Waals surface area (Å²) in [6.45, 7) is 6.17. The summed E-state index contributed by atoms with van der Waals surface area (Å²) in [6, 6.07) is 1.94. The molecule has 1 aromatic carbocycles. The molecule has 0 spiro atoms. The van der Waals surface area contributed by atoms with E-state index in [9.17, 15) is 4.79 Å². The van der Waals surface area contributed by atoms with Crippen LogP contribution in [-0.4, -0.2) is 12.6 Å². The van der Waals surface area contributed by atoms with Crippen LogP contribution < -0.4 is 5.73 Å². The summed E-state index contributed by atoms with van der Waals surface area (Å²) < 4.78 is 5.82. The van der Waals surface area contributed by atoms with Crippen LogP contribution in [0.2, 0.25) is 0 Å². The van der Waals surface area contributed by atoms with Crippen LogP contribution >= 0.6 is 15.9 Å². The molecule has 4 heteroatoms. The maximum atomic E-state index is 11.8. The molecule has 0 saturated heterocycles. The number of rotatable bonds is 3. The molecule has 0 aliphatic rings. The van der Waals surface area contributed by atoms with Crippen LogP contribution in [0.3, 0.4) is 0 Å². The highest BCUT2D eigenvalue weighted by Crippen LogP contribution is 2.30. The highest BCUT2D eigenvalue weighted by molar-refractivity contribution is 9.10. The monoisotopic (exact) mass is 285 g/mol. The zero-order valence-corrected chi connectivity index (χ0v) is 11.3. The van der Waals surface area contributed by atoms with Gasteiger partial charge in [-0.1, -0.05) is 13.0 Å². The van der Waals surface area contributed by atoms with Crippen LogP contribution in [0.25, 0.3) is 0 Å². The lowest BCUT2D eigenvalue weighted by molar-refractivity contribution is 0.0505. The summed E-state index contributed by atoms with van der Waals surface area (Å²) in [5.74, 6) is -0.363. The molecule has 0 atom stereocenters. The largest absolute Gasteiger partial charge is 0.462 e. The van der Waals surface area contributed by atoms with Gasteiger partial charge in [0.1, 0.15) is 0 Å². The molecule has 88 valence electrons. The highest BCUT2D eigenvalue weighted by Gasteiger charge is 2.18. The minimum Gasteiger partial charge on any atom is -0.462 e. The fourth-order valence-electron chi connectivity index (χ4n) is 1.44. The van der Waals surface area contributed by atoms with Gasteiger partial charge in [0, 0.05) is 4.47 Å². The number of anilines is 1. The Morgan fingerprint density at radius 2 is 2.06 bits per heavy atom. The number of nitrogen functional groups attached to an aromatic ring is 1. The third kappa shape index (κ3) is 2.55. The van der Waals surface area contributed by atoms with Crippen molar-refractivity contribution in [3.8, 4) is 0 Å². The van der Waals surface area contributed by atoms with Gasteiger partial charge in [-0.3, -0.25) is 0 Å². The summed E-state index contributed by atoms with van der Waals surface area (Å²) in [4.78, 5) is 11.8. The standard InChI is InChI=1S/C12H16BrNO2/c1-4-5-16-12(15)9-10(13)7(2)6-8(3)11(9)14/h6H,4-5,14H2,1-3H3. The highest BCUT2D eigenvalue weighted by atomic mass is 79.9. The van der Waals surface area contributed by atoms with E-state index >= 15 is 0 Å². The lowest BCUT2D eigenvalue weighted by Crippen LogP contribution is -2.11. The molecule has 0 aliphatic heterocycles. The second-order valence-corrected chi connectivity index (χ2v) is 4.54. The van der Waals surface area contributed by atoms with Crippen molar-refractivity contribution in [3.63, 3.8) is 0 Å². The summed E-state index contributed by atoms with van der Waals surface area (Å²) in [6.07, 6.45) is 0.800. The topological polar surface area (TPSA) is 52.3 Å². The molecule has 0 aliphatic carbocycles. The molecule has 3 nitrogen and oxygen atoms in total. The zero-order valence-electron chi connectivity index (χ0n) is 9.76. The maximum absolute atomic E-state index is 11.8. The molecule has 0 fully saturated rings. The van der Waals surface area contributed by atoms with Gasteiger partial charge in [-0.15, -0.1) is 0 Å². The van der Waals surface area contributed by atoms with Gasteiger partial charge in [0.15, 0.2) is 0 Å². The van der Waals surface area contributed by atoms with E-state index in [1.165, 1.54) is 0 Å². The van der Waals surface area contributed by atoms with Crippen molar-refractivity contribution < 1.29 is 9.53 Å². The van der Waals surface area contributed by atoms with Crippen molar-refractivity contribution in [3.05, 3.63) is 27.2 Å². The molecule has 0 unspecified atom stereocenters. The number of ether oxygens (including phenoxy) is 1. The molecule has 1 aromatic rings. The minimum atomic E-state index is -0.363. The first-order valence-electron chi connectivity index (χ1n) is 5.21. The number of aryl methyl sites for hydroxylation is 2. The first-order chi connectivity index (χ1) is 7.49. The molecular formula is C12H16BrNO2. The molecule has 2 N–H and O–H groups in total. The van der Waals surface area contributed by atoms with Crippen molar-refractivity contribution in [2.24, 2.45) is 0 Å². The van der Waals surface area contributed by atoms with E-state index < -0.39 is 0 Å². The molecule has 16 heavy (non-hydrogen) atoms. The van der Waals surface area contributed by atoms with E-state index in [1.807, 2.05) is 26.8 Å². The van der Waals surface area contributed by atoms with Crippen molar-refractivity contribution in [2.45, 2.75) is 27.2 Å². The van der Waals surface area contributed by atoms with Crippen LogP contribution in [0.1, 0.15) is 34.8 Å². The van der Waals surface area contributed by atoms with Gasteiger partial charge in [-0.2, -0.15) is 0 Å². The molecular weight excluding hydrogens is 270 g/mol. The Hall–Kier alpha value is -1.03. The Morgan fingerprint density at radius 3 is 2.62 bits per heavy atom. The smallest absolute Gasteiger partial charge is 0.341 e. The summed E-state index contributed by atoms with van der Waals surface area (Å²) in [5, 5.41) is 0. The fraction of sp³-hybridized carbons (Fsp3) is 0.417. The Bertz CT molecular complexity index is 390. The minimum absolute atomic E-state index is 0.363. The average Bonchev–Trinajstić information content (AvgIpc) is 2.24. The first-order valence-corrected chi connectivity index (χ1v) is 6.00. The van der Waals surface area contributed by atoms with Gasteiger partial charge >= 0.3 is 5.97 Å². The quantitative estimate of drug-likeness (QED) is 0.685. The van der Waals surface area contributed by atoms with E-state index in [2.05, 4.69) is 15.9 Å². The molecule has 0 aromatic heterocycles. The van der Waals surface area contributed by atoms with Crippen LogP contribution in [0, 0.1) is 13.8 Å². The molecule has 0 radical (unpaired) electrons. The van der Waals surface area contributed by atoms with Crippen molar-refractivity contribution in [1.82, 2.24) is 0 Å². The van der Waals surface area contributed by atoms with Gasteiger partial charge < -0.3 is 10.5 Å². The molecule has 0 saturated carbocycles. The summed E-state index contributed by atoms with van der Waals surface area (Å²) in [7, 11) is 0. The number of carbonyl (C=O) groups is 1. The van der Waals surface area contributed by atoms with Gasteiger partial charge in [-0.25, -0.2) is 4.79 Å². The van der Waals surface area contributed by atoms with Crippen LogP contribution in [0.4, 0.5) is 5.69 Å². The van der Waals surface area contributed by atoms with Crippen molar-refractivity contribution in [2.75, 3.05) is 12.3 Å². The second-order valence-electron chi connectivity index (χ2n) is 3.75. The van der Waals surface area contributed by atoms with Crippen LogP contribution in [-0.2, 0) is 4.74 Å². The number of carbonyl (C=O) groups excluding carboxylic acids is 1. The second kappa shape index (κ2) is 5.34. The van der Waals surface area contributed by atoms with E-state index in [0.29, 0.717) is 17.9 Å². The van der Waals surface area contributed by atoms with Gasteiger partial charge in [0.25, 0.3) is 0 Å². The van der Waals surface area contributed by atoms with Crippen LogP contribution in [0.15, 0.2) is 10.5 Å². The maximum Gasteiger partial charge on any atom is 0.341 e. The van der Waals surface area contributed by atoms with E-state index in [-0.39, 0.29) is 5.97 Å². The molecule has 0 heterocycles. The normalized spacial score (nSPS) is 10.2. The lowest BCUT2D eigenvalue weighted by atomic mass is 10.0. The van der Waals surface area contributed by atoms with Gasteiger partial charge in [-0.05, 0) is 47.3 Å². The van der Waals surface area contributed by atoms with E-state index in [1.54, 1.807) is 0 Å². The SMILES string of the molecule is CCCOC(=O)c1c(N)c(C)cc(C)c1Br. The zero-order chi connectivity index (χ0) is 12.3. The van der Waals surface area contributed by atoms with Crippen molar-refractivity contribution >= 4 is 27.6 Å². The van der Waals surface area contributed by atoms with Crippen LogP contribution in [0.5, 0.6) is 0 Å². The first kappa shape index (κ1) is 13.0. The van der Waals surface area contributed by atoms with E-state index in [0.717, 1.165) is 22.0 Å². The third-order valence-electron chi connectivity index (χ3n) is 2.33. The number of hydrogen-bond acceptors (Lipinski definition) is 3. The van der Waals surface area contributed by atoms with Gasteiger partial charge in [0.2, 0.25) is 0 Å². The molecule has 1 rings (SSSR count). The Morgan fingerprint density at radius 1 is 1.44 bits per heavy atom. The van der Waals surface area contributed by atoms with Gasteiger partial charge in [0.05, 0.1) is 17.9 Å². The molecule has 0 bridgehead atoms. The lowest BCUT2D eigenvalue weighted by Gasteiger charge is -2.12. The Kier molecular flexibility index (Phi) is 4.35. The van der Waals surface area contributed by atoms with E-state index in [4.69, 9.17) is 10.5 Å². The predicted molar refractivity (Wildman–Crippen MR) is 68.6 cm³/mol. The number of esters is 1. The average molecular weight is 286 g/mol. The predicted octanol–water partition coefficient (Wildman–Crippen LogP) is 3.21. The third-order valence-corrected chi connectivity index (χ3v) is 3.36.